The van der Waals surface area contributed by atoms with Gasteiger partial charge in [0.15, 0.2) is 0 Å². The van der Waals surface area contributed by atoms with Crippen molar-refractivity contribution >= 4 is 0 Å². The zero-order chi connectivity index (χ0) is 12.7. The quantitative estimate of drug-likeness (QED) is 0.734. The van der Waals surface area contributed by atoms with E-state index in [9.17, 15) is 0 Å². The van der Waals surface area contributed by atoms with Crippen LogP contribution in [-0.2, 0) is 20.6 Å². The molecule has 19 heavy (non-hydrogen) atoms. The van der Waals surface area contributed by atoms with Gasteiger partial charge in [-0.15, -0.1) is 0 Å². The van der Waals surface area contributed by atoms with Crippen molar-refractivity contribution in [2.75, 3.05) is 26.4 Å². The van der Waals surface area contributed by atoms with Gasteiger partial charge in [-0.3, -0.25) is 0 Å². The number of ether oxygens (including phenoxy) is 4. The Bertz CT molecular complexity index is 461. The summed E-state index contributed by atoms with van der Waals surface area (Å²) in [7, 11) is 0. The first-order valence-corrected chi connectivity index (χ1v) is 6.99. The van der Waals surface area contributed by atoms with Crippen molar-refractivity contribution in [3.63, 3.8) is 0 Å². The Morgan fingerprint density at radius 1 is 1.11 bits per heavy atom. The van der Waals surface area contributed by atoms with Gasteiger partial charge in [-0.05, 0) is 5.56 Å². The van der Waals surface area contributed by atoms with Crippen molar-refractivity contribution in [2.24, 2.45) is 0 Å². The summed E-state index contributed by atoms with van der Waals surface area (Å²) in [4.78, 5) is 0. The van der Waals surface area contributed by atoms with Gasteiger partial charge in [0.25, 0.3) is 0 Å². The molecule has 0 aliphatic carbocycles. The van der Waals surface area contributed by atoms with Crippen LogP contribution in [-0.4, -0.2) is 38.6 Å². The topological polar surface area (TPSA) is 43.5 Å². The van der Waals surface area contributed by atoms with Crippen LogP contribution in [0.2, 0.25) is 0 Å². The lowest BCUT2D eigenvalue weighted by atomic mass is 9.97. The van der Waals surface area contributed by atoms with Crippen LogP contribution in [0.25, 0.3) is 0 Å². The summed E-state index contributed by atoms with van der Waals surface area (Å²) in [6.07, 6.45) is 2.87. The van der Waals surface area contributed by atoms with E-state index in [0.29, 0.717) is 12.7 Å². The largest absolute Gasteiger partial charge is 0.490 e. The minimum atomic E-state index is 0.204. The van der Waals surface area contributed by atoms with E-state index in [1.165, 1.54) is 11.1 Å². The predicted molar refractivity (Wildman–Crippen MR) is 68.4 cm³/mol. The number of benzene rings is 1. The summed E-state index contributed by atoms with van der Waals surface area (Å²) in [6, 6.07) is 6.34. The van der Waals surface area contributed by atoms with Crippen molar-refractivity contribution < 1.29 is 18.9 Å². The van der Waals surface area contributed by atoms with Crippen LogP contribution >= 0.6 is 0 Å². The van der Waals surface area contributed by atoms with Crippen molar-refractivity contribution in [1.82, 2.24) is 0 Å². The molecule has 3 fully saturated rings. The van der Waals surface area contributed by atoms with Crippen LogP contribution in [0.15, 0.2) is 18.2 Å². The lowest BCUT2D eigenvalue weighted by Crippen LogP contribution is -2.20. The third-order valence-corrected chi connectivity index (χ3v) is 3.84. The maximum atomic E-state index is 6.02. The molecule has 0 saturated carbocycles. The minimum absolute atomic E-state index is 0.204. The highest BCUT2D eigenvalue weighted by molar-refractivity contribution is 5.44. The Balaban J connectivity index is 1.58. The van der Waals surface area contributed by atoms with Crippen LogP contribution in [0.4, 0.5) is 0 Å². The molecule has 1 aromatic rings. The molecule has 4 heteroatoms. The summed E-state index contributed by atoms with van der Waals surface area (Å²) < 4.78 is 22.2. The molecule has 4 nitrogen and oxygen atoms in total. The second-order valence-corrected chi connectivity index (χ2v) is 5.41. The molecular formula is C15H18O4. The van der Waals surface area contributed by atoms with Crippen molar-refractivity contribution in [3.8, 4) is 5.75 Å². The summed E-state index contributed by atoms with van der Waals surface area (Å²) in [5.74, 6) is 0.998. The lowest BCUT2D eigenvalue weighted by Gasteiger charge is -2.29. The number of hydrogen-bond acceptors (Lipinski definition) is 4. The maximum absolute atomic E-state index is 6.02. The Kier molecular flexibility index (Phi) is 2.94. The molecule has 3 saturated heterocycles. The third-order valence-electron chi connectivity index (χ3n) is 3.84. The SMILES string of the molecule is c1cc(CC2CO2)c(OCC2CO2)c(C2CCO2)c1. The maximum Gasteiger partial charge on any atom is 0.128 e. The Hall–Kier alpha value is -1.10. The average Bonchev–Trinajstić information content (AvgIpc) is 3.21. The fourth-order valence-electron chi connectivity index (χ4n) is 2.45. The van der Waals surface area contributed by atoms with Crippen LogP contribution in [0.3, 0.4) is 0 Å². The van der Waals surface area contributed by atoms with Crippen molar-refractivity contribution in [3.05, 3.63) is 29.3 Å². The van der Waals surface area contributed by atoms with Gasteiger partial charge in [-0.25, -0.2) is 0 Å². The molecule has 3 aliphatic heterocycles. The first kappa shape index (κ1) is 11.7. The summed E-state index contributed by atoms with van der Waals surface area (Å²) in [6.45, 7) is 3.19. The highest BCUT2D eigenvalue weighted by atomic mass is 16.6. The highest BCUT2D eigenvalue weighted by Crippen LogP contribution is 2.39. The van der Waals surface area contributed by atoms with E-state index in [1.54, 1.807) is 0 Å². The lowest BCUT2D eigenvalue weighted by molar-refractivity contribution is -0.0541. The number of para-hydroxylation sites is 1. The molecule has 4 rings (SSSR count). The van der Waals surface area contributed by atoms with E-state index in [2.05, 4.69) is 18.2 Å². The molecular weight excluding hydrogens is 244 g/mol. The van der Waals surface area contributed by atoms with Crippen LogP contribution < -0.4 is 4.74 Å². The molecule has 1 aromatic carbocycles. The molecule has 0 amide bonds. The Labute approximate surface area is 112 Å². The Morgan fingerprint density at radius 3 is 2.53 bits per heavy atom. The molecule has 3 atom stereocenters. The molecule has 0 aromatic heterocycles. The van der Waals surface area contributed by atoms with E-state index in [1.807, 2.05) is 0 Å². The van der Waals surface area contributed by atoms with Crippen molar-refractivity contribution in [1.29, 1.82) is 0 Å². The minimum Gasteiger partial charge on any atom is -0.490 e. The van der Waals surface area contributed by atoms with Gasteiger partial charge in [-0.1, -0.05) is 18.2 Å². The molecule has 3 heterocycles. The second-order valence-electron chi connectivity index (χ2n) is 5.41. The van der Waals surface area contributed by atoms with Crippen LogP contribution in [0.1, 0.15) is 23.7 Å². The van der Waals surface area contributed by atoms with Gasteiger partial charge in [0.2, 0.25) is 0 Å². The van der Waals surface area contributed by atoms with E-state index < -0.39 is 0 Å². The monoisotopic (exact) mass is 262 g/mol. The fraction of sp³-hybridized carbons (Fsp3) is 0.600. The zero-order valence-corrected chi connectivity index (χ0v) is 10.8. The predicted octanol–water partition coefficient (Wildman–Crippen LogP) is 1.87. The van der Waals surface area contributed by atoms with Gasteiger partial charge >= 0.3 is 0 Å². The second kappa shape index (κ2) is 4.78. The highest BCUT2D eigenvalue weighted by Gasteiger charge is 2.30. The van der Waals surface area contributed by atoms with Crippen molar-refractivity contribution in [2.45, 2.75) is 31.2 Å². The number of epoxide rings is 2. The smallest absolute Gasteiger partial charge is 0.128 e. The van der Waals surface area contributed by atoms with E-state index in [-0.39, 0.29) is 12.2 Å². The van der Waals surface area contributed by atoms with E-state index in [4.69, 9.17) is 18.9 Å². The van der Waals surface area contributed by atoms with Crippen LogP contribution in [0.5, 0.6) is 5.75 Å². The van der Waals surface area contributed by atoms with Crippen LogP contribution in [0, 0.1) is 0 Å². The third kappa shape index (κ3) is 2.61. The molecule has 3 aliphatic rings. The molecule has 3 unspecified atom stereocenters. The normalized spacial score (nSPS) is 31.7. The van der Waals surface area contributed by atoms with Gasteiger partial charge in [0.1, 0.15) is 18.5 Å². The summed E-state index contributed by atoms with van der Waals surface area (Å²) >= 11 is 0. The molecule has 0 bridgehead atoms. The fourth-order valence-corrected chi connectivity index (χ4v) is 2.45. The van der Waals surface area contributed by atoms with Gasteiger partial charge in [0, 0.05) is 18.4 Å². The standard InChI is InChI=1S/C15H18O4/c1-2-10(6-11-7-17-11)15(19-9-12-8-18-12)13(3-1)14-4-5-16-14/h1-3,11-12,14H,4-9H2. The number of hydrogen-bond donors (Lipinski definition) is 0. The zero-order valence-electron chi connectivity index (χ0n) is 10.8. The average molecular weight is 262 g/mol. The summed E-state index contributed by atoms with van der Waals surface area (Å²) in [5, 5.41) is 0. The van der Waals surface area contributed by atoms with Gasteiger partial charge in [-0.2, -0.15) is 0 Å². The molecule has 102 valence electrons. The first-order chi connectivity index (χ1) is 9.40. The van der Waals surface area contributed by atoms with E-state index >= 15 is 0 Å². The first-order valence-electron chi connectivity index (χ1n) is 6.99. The van der Waals surface area contributed by atoms with E-state index in [0.717, 1.165) is 38.4 Å². The number of rotatable bonds is 6. The molecule has 0 radical (unpaired) electrons. The van der Waals surface area contributed by atoms with Gasteiger partial charge < -0.3 is 18.9 Å². The molecule has 0 N–H and O–H groups in total. The molecule has 0 spiro atoms. The summed E-state index contributed by atoms with van der Waals surface area (Å²) in [5.41, 5.74) is 2.42. The van der Waals surface area contributed by atoms with Gasteiger partial charge in [0.05, 0.1) is 32.0 Å². The Morgan fingerprint density at radius 2 is 1.89 bits per heavy atom.